The molecule has 1 atom stereocenters. The molecule has 1 fully saturated rings. The first-order chi connectivity index (χ1) is 9.83. The van der Waals surface area contributed by atoms with Crippen molar-refractivity contribution in [3.63, 3.8) is 0 Å². The number of nitrogens with zero attached hydrogens (tertiary/aromatic N) is 2. The van der Waals surface area contributed by atoms with Crippen LogP contribution in [-0.2, 0) is 11.3 Å². The van der Waals surface area contributed by atoms with Crippen LogP contribution >= 0.6 is 15.9 Å². The molecule has 3 rings (SSSR count). The number of nitrogens with one attached hydrogen (secondary N) is 1. The quantitative estimate of drug-likeness (QED) is 0.908. The van der Waals surface area contributed by atoms with Gasteiger partial charge < -0.3 is 14.5 Å². The topological polar surface area (TPSA) is 60.2 Å². The van der Waals surface area contributed by atoms with E-state index in [0.29, 0.717) is 24.4 Å². The molecule has 1 aliphatic rings. The lowest BCUT2D eigenvalue weighted by molar-refractivity contribution is 0.109. The molecule has 106 valence electrons. The van der Waals surface area contributed by atoms with Crippen LogP contribution in [0.5, 0.6) is 0 Å². The zero-order chi connectivity index (χ0) is 13.8. The minimum absolute atomic E-state index is 0.320. The van der Waals surface area contributed by atoms with E-state index in [-0.39, 0.29) is 0 Å². The smallest absolute Gasteiger partial charge is 0.248 e. The van der Waals surface area contributed by atoms with Crippen molar-refractivity contribution in [1.82, 2.24) is 15.5 Å². The van der Waals surface area contributed by atoms with Gasteiger partial charge >= 0.3 is 0 Å². The van der Waals surface area contributed by atoms with Crippen LogP contribution < -0.4 is 5.32 Å². The Hall–Kier alpha value is -1.24. The van der Waals surface area contributed by atoms with Gasteiger partial charge in [-0.25, -0.2) is 0 Å². The van der Waals surface area contributed by atoms with Gasteiger partial charge in [-0.1, -0.05) is 12.1 Å². The minimum atomic E-state index is 0.320. The van der Waals surface area contributed by atoms with Crippen LogP contribution in [0.3, 0.4) is 0 Å². The summed E-state index contributed by atoms with van der Waals surface area (Å²) >= 11 is 3.48. The molecule has 6 heteroatoms. The largest absolute Gasteiger partial charge is 0.419 e. The Morgan fingerprint density at radius 2 is 2.20 bits per heavy atom. The van der Waals surface area contributed by atoms with Crippen molar-refractivity contribution in [2.75, 3.05) is 13.2 Å². The lowest BCUT2D eigenvalue weighted by Crippen LogP contribution is -2.25. The summed E-state index contributed by atoms with van der Waals surface area (Å²) in [4.78, 5) is 0. The average Bonchev–Trinajstić information content (AvgIpc) is 3.11. The van der Waals surface area contributed by atoms with Crippen LogP contribution in [0.1, 0.15) is 18.7 Å². The van der Waals surface area contributed by atoms with E-state index in [1.54, 1.807) is 0 Å². The van der Waals surface area contributed by atoms with Crippen molar-refractivity contribution in [3.05, 3.63) is 34.6 Å². The second-order valence-corrected chi connectivity index (χ2v) is 5.60. The summed E-state index contributed by atoms with van der Waals surface area (Å²) in [6, 6.07) is 7.80. The lowest BCUT2D eigenvalue weighted by Gasteiger charge is -2.08. The van der Waals surface area contributed by atoms with Crippen LogP contribution in [0, 0.1) is 0 Å². The molecule has 20 heavy (non-hydrogen) atoms. The normalized spacial score (nSPS) is 18.6. The molecule has 5 nitrogen and oxygen atoms in total. The fourth-order valence-electron chi connectivity index (χ4n) is 2.21. The number of hydrogen-bond donors (Lipinski definition) is 1. The highest BCUT2D eigenvalue weighted by molar-refractivity contribution is 9.10. The first kappa shape index (κ1) is 13.7. The van der Waals surface area contributed by atoms with E-state index in [0.717, 1.165) is 36.0 Å². The van der Waals surface area contributed by atoms with Gasteiger partial charge in [-0.2, -0.15) is 0 Å². The summed E-state index contributed by atoms with van der Waals surface area (Å²) in [6.07, 6.45) is 2.60. The third-order valence-corrected chi connectivity index (χ3v) is 3.93. The maximum atomic E-state index is 5.66. The third-order valence-electron chi connectivity index (χ3n) is 3.24. The van der Waals surface area contributed by atoms with Gasteiger partial charge in [-0.15, -0.1) is 10.2 Å². The molecule has 1 N–H and O–H groups in total. The minimum Gasteiger partial charge on any atom is -0.419 e. The second-order valence-electron chi connectivity index (χ2n) is 4.75. The SMILES string of the molecule is Brc1ccccc1-c1nnc(CNCC2CCCO2)o1. The van der Waals surface area contributed by atoms with Gasteiger partial charge in [0.25, 0.3) is 0 Å². The highest BCUT2D eigenvalue weighted by Gasteiger charge is 2.15. The van der Waals surface area contributed by atoms with Gasteiger partial charge in [0.1, 0.15) is 0 Å². The summed E-state index contributed by atoms with van der Waals surface area (Å²) in [5, 5.41) is 11.4. The molecule has 0 radical (unpaired) electrons. The Kier molecular flexibility index (Phi) is 4.44. The van der Waals surface area contributed by atoms with E-state index in [9.17, 15) is 0 Å². The fraction of sp³-hybridized carbons (Fsp3) is 0.429. The van der Waals surface area contributed by atoms with Gasteiger partial charge in [0.2, 0.25) is 11.8 Å². The van der Waals surface area contributed by atoms with E-state index in [4.69, 9.17) is 9.15 Å². The van der Waals surface area contributed by atoms with E-state index in [2.05, 4.69) is 31.4 Å². The van der Waals surface area contributed by atoms with Crippen molar-refractivity contribution in [2.24, 2.45) is 0 Å². The highest BCUT2D eigenvalue weighted by Crippen LogP contribution is 2.26. The monoisotopic (exact) mass is 337 g/mol. The Morgan fingerprint density at radius 1 is 1.30 bits per heavy atom. The van der Waals surface area contributed by atoms with Gasteiger partial charge in [-0.3, -0.25) is 0 Å². The van der Waals surface area contributed by atoms with Crippen LogP contribution in [0.2, 0.25) is 0 Å². The predicted octanol–water partition coefficient (Wildman–Crippen LogP) is 2.77. The average molecular weight is 338 g/mol. The molecular weight excluding hydrogens is 322 g/mol. The Balaban J connectivity index is 1.58. The number of aromatic nitrogens is 2. The summed E-state index contributed by atoms with van der Waals surface area (Å²) in [7, 11) is 0. The summed E-state index contributed by atoms with van der Waals surface area (Å²) in [5.41, 5.74) is 0.908. The molecule has 1 aliphatic heterocycles. The van der Waals surface area contributed by atoms with Crippen molar-refractivity contribution in [1.29, 1.82) is 0 Å². The summed E-state index contributed by atoms with van der Waals surface area (Å²) < 4.78 is 12.2. The second kappa shape index (κ2) is 6.47. The number of hydrogen-bond acceptors (Lipinski definition) is 5. The zero-order valence-corrected chi connectivity index (χ0v) is 12.6. The standard InChI is InChI=1S/C14H16BrN3O2/c15-12-6-2-1-5-11(12)14-18-17-13(20-14)9-16-8-10-4-3-7-19-10/h1-2,5-6,10,16H,3-4,7-9H2. The molecule has 2 aromatic rings. The number of halogens is 1. The highest BCUT2D eigenvalue weighted by atomic mass is 79.9. The molecule has 0 amide bonds. The molecule has 0 spiro atoms. The van der Waals surface area contributed by atoms with Gasteiger partial charge in [0.05, 0.1) is 18.2 Å². The Labute approximate surface area is 125 Å². The Morgan fingerprint density at radius 3 is 3.00 bits per heavy atom. The molecule has 0 bridgehead atoms. The first-order valence-electron chi connectivity index (χ1n) is 6.72. The molecule has 1 aromatic carbocycles. The van der Waals surface area contributed by atoms with E-state index >= 15 is 0 Å². The molecule has 1 aromatic heterocycles. The molecule has 0 aliphatic carbocycles. The number of benzene rings is 1. The first-order valence-corrected chi connectivity index (χ1v) is 7.52. The van der Waals surface area contributed by atoms with Crippen LogP contribution in [0.25, 0.3) is 11.5 Å². The third kappa shape index (κ3) is 3.26. The van der Waals surface area contributed by atoms with Gasteiger partial charge in [0.15, 0.2) is 0 Å². The van der Waals surface area contributed by atoms with Gasteiger partial charge in [-0.05, 0) is 40.9 Å². The number of rotatable bonds is 5. The van der Waals surface area contributed by atoms with Crippen molar-refractivity contribution in [2.45, 2.75) is 25.5 Å². The van der Waals surface area contributed by atoms with Crippen molar-refractivity contribution in [3.8, 4) is 11.5 Å². The summed E-state index contributed by atoms with van der Waals surface area (Å²) in [5.74, 6) is 1.13. The molecule has 1 saturated heterocycles. The van der Waals surface area contributed by atoms with Crippen molar-refractivity contribution < 1.29 is 9.15 Å². The Bertz CT molecular complexity index is 567. The van der Waals surface area contributed by atoms with E-state index in [1.165, 1.54) is 0 Å². The molecule has 2 heterocycles. The maximum Gasteiger partial charge on any atom is 0.248 e. The maximum absolute atomic E-state index is 5.66. The van der Waals surface area contributed by atoms with Crippen LogP contribution in [-0.4, -0.2) is 29.5 Å². The van der Waals surface area contributed by atoms with Crippen LogP contribution in [0.15, 0.2) is 33.2 Å². The molecule has 0 saturated carbocycles. The van der Waals surface area contributed by atoms with Gasteiger partial charge in [0, 0.05) is 17.6 Å². The van der Waals surface area contributed by atoms with E-state index in [1.807, 2.05) is 24.3 Å². The molecule has 1 unspecified atom stereocenters. The lowest BCUT2D eigenvalue weighted by atomic mass is 10.2. The predicted molar refractivity (Wildman–Crippen MR) is 78.1 cm³/mol. The number of ether oxygens (including phenoxy) is 1. The fourth-order valence-corrected chi connectivity index (χ4v) is 2.67. The van der Waals surface area contributed by atoms with E-state index < -0.39 is 0 Å². The van der Waals surface area contributed by atoms with Crippen LogP contribution in [0.4, 0.5) is 0 Å². The zero-order valence-electron chi connectivity index (χ0n) is 11.0. The molecular formula is C14H16BrN3O2. The van der Waals surface area contributed by atoms with Crippen molar-refractivity contribution >= 4 is 15.9 Å². The summed E-state index contributed by atoms with van der Waals surface area (Å²) in [6.45, 7) is 2.27.